The fraction of sp³-hybridized carbons (Fsp3) is 0.250. The normalized spacial score (nSPS) is 20.7. The lowest BCUT2D eigenvalue weighted by Gasteiger charge is -2.31. The Labute approximate surface area is 208 Å². The number of benzene rings is 2. The zero-order valence-electron chi connectivity index (χ0n) is 18.7. The fourth-order valence-corrected chi connectivity index (χ4v) is 7.14. The van der Waals surface area contributed by atoms with Gasteiger partial charge in [-0.1, -0.05) is 46.9 Å². The molecule has 1 fully saturated rings. The molecule has 3 amide bonds. The molecule has 0 unspecified atom stereocenters. The Morgan fingerprint density at radius 2 is 1.89 bits per heavy atom. The molecule has 0 bridgehead atoms. The first-order valence-electron chi connectivity index (χ1n) is 10.7. The van der Waals surface area contributed by atoms with Crippen LogP contribution in [0.4, 0.5) is 5.69 Å². The Morgan fingerprint density at radius 3 is 2.60 bits per heavy atom. The number of hydrogen-bond acceptors (Lipinski definition) is 8. The van der Waals surface area contributed by atoms with Crippen molar-refractivity contribution in [1.29, 1.82) is 0 Å². The zero-order valence-corrected chi connectivity index (χ0v) is 20.4. The zero-order chi connectivity index (χ0) is 24.9. The largest absolute Gasteiger partial charge is 0.504 e. The number of aryl methyl sites for hydroxylation is 1. The van der Waals surface area contributed by atoms with Crippen molar-refractivity contribution in [3.63, 3.8) is 0 Å². The fourth-order valence-electron chi connectivity index (χ4n) is 4.40. The van der Waals surface area contributed by atoms with Gasteiger partial charge < -0.3 is 15.2 Å². The summed E-state index contributed by atoms with van der Waals surface area (Å²) in [6, 6.07) is 12.0. The summed E-state index contributed by atoms with van der Waals surface area (Å²) in [7, 11) is 1.41. The molecule has 2 aliphatic heterocycles. The van der Waals surface area contributed by atoms with E-state index in [1.807, 2.05) is 19.1 Å². The summed E-state index contributed by atoms with van der Waals surface area (Å²) in [5.74, 6) is -2.43. The number of nitrogens with zero attached hydrogens (tertiary/aromatic N) is 1. The summed E-state index contributed by atoms with van der Waals surface area (Å²) in [6.45, 7) is 1.71. The molecule has 2 aromatic carbocycles. The molecule has 5 rings (SSSR count). The highest BCUT2D eigenvalue weighted by Crippen LogP contribution is 2.52. The molecule has 3 N–H and O–H groups in total. The van der Waals surface area contributed by atoms with Crippen molar-refractivity contribution in [2.75, 3.05) is 12.4 Å². The monoisotopic (exact) mass is 511 g/mol. The molecular formula is C24H21N3O6S2. The molecule has 0 saturated carbocycles. The number of rotatable bonds is 5. The molecule has 2 aliphatic rings. The minimum atomic E-state index is -0.750. The van der Waals surface area contributed by atoms with Crippen LogP contribution in [0.5, 0.6) is 11.5 Å². The number of methoxy groups -OCH3 is 1. The van der Waals surface area contributed by atoms with Gasteiger partial charge in [-0.2, -0.15) is 0 Å². The third-order valence-electron chi connectivity index (χ3n) is 6.09. The predicted octanol–water partition coefficient (Wildman–Crippen LogP) is 2.45. The molecule has 0 radical (unpaired) electrons. The van der Waals surface area contributed by atoms with Gasteiger partial charge in [0.1, 0.15) is 11.8 Å². The highest BCUT2D eigenvalue weighted by Gasteiger charge is 2.53. The first kappa shape index (κ1) is 23.2. The van der Waals surface area contributed by atoms with E-state index in [2.05, 4.69) is 10.6 Å². The summed E-state index contributed by atoms with van der Waals surface area (Å²) in [6.07, 6.45) is 0. The number of carbonyl (C=O) groups is 3. The van der Waals surface area contributed by atoms with Gasteiger partial charge in [0.2, 0.25) is 17.7 Å². The van der Waals surface area contributed by atoms with E-state index in [4.69, 9.17) is 4.74 Å². The minimum absolute atomic E-state index is 0.0660. The third-order valence-corrected chi connectivity index (χ3v) is 8.70. The Bertz CT molecular complexity index is 1410. The number of ether oxygens (including phenoxy) is 1. The van der Waals surface area contributed by atoms with E-state index in [0.717, 1.165) is 28.7 Å². The number of amides is 3. The predicted molar refractivity (Wildman–Crippen MR) is 131 cm³/mol. The lowest BCUT2D eigenvalue weighted by Crippen LogP contribution is -2.32. The van der Waals surface area contributed by atoms with Gasteiger partial charge in [0, 0.05) is 16.5 Å². The van der Waals surface area contributed by atoms with Gasteiger partial charge in [-0.05, 0) is 36.8 Å². The Morgan fingerprint density at radius 1 is 1.14 bits per heavy atom. The second kappa shape index (κ2) is 8.90. The summed E-state index contributed by atoms with van der Waals surface area (Å²) < 4.78 is 6.58. The van der Waals surface area contributed by atoms with Gasteiger partial charge in [-0.25, -0.2) is 0 Å². The average Bonchev–Trinajstić information content (AvgIpc) is 3.29. The number of fused-ring (bicyclic) bond motifs is 2. The topological polar surface area (TPSA) is 127 Å². The summed E-state index contributed by atoms with van der Waals surface area (Å²) in [5, 5.41) is 15.0. The molecule has 3 atom stereocenters. The maximum Gasteiger partial charge on any atom is 0.308 e. The van der Waals surface area contributed by atoms with Crippen molar-refractivity contribution >= 4 is 46.5 Å². The van der Waals surface area contributed by atoms with Crippen molar-refractivity contribution in [3.8, 4) is 11.5 Å². The number of thiazole rings is 1. The summed E-state index contributed by atoms with van der Waals surface area (Å²) in [5.41, 5.74) is 2.29. The maximum absolute atomic E-state index is 13.0. The van der Waals surface area contributed by atoms with Crippen molar-refractivity contribution in [1.82, 2.24) is 9.88 Å². The minimum Gasteiger partial charge on any atom is -0.504 e. The van der Waals surface area contributed by atoms with Gasteiger partial charge in [-0.3, -0.25) is 29.1 Å². The van der Waals surface area contributed by atoms with Crippen molar-refractivity contribution in [2.24, 2.45) is 5.92 Å². The molecule has 0 spiro atoms. The van der Waals surface area contributed by atoms with Gasteiger partial charge >= 0.3 is 4.87 Å². The van der Waals surface area contributed by atoms with E-state index >= 15 is 0 Å². The number of hydrogen-bond donors (Lipinski definition) is 3. The standard InChI is InChI=1S/C24H21N3O6S2/c1-11-3-6-13(7-4-11)25-16(29)10-27-23-20(35-24(27)32)17(12-5-8-14(28)15(9-12)33-2)18-19(34-23)22(31)26-21(18)30/h3-9,17-19,28H,10H2,1-2H3,(H,25,29)(H,26,30,31)/t17-,18+,19-/m0/s1. The molecule has 1 saturated heterocycles. The average molecular weight is 512 g/mol. The second-order valence-corrected chi connectivity index (χ2v) is 10.5. The quantitative estimate of drug-likeness (QED) is 0.449. The van der Waals surface area contributed by atoms with Crippen LogP contribution in [0, 0.1) is 12.8 Å². The SMILES string of the molecule is COc1cc([C@@H]2c3sc(=O)n(CC(=O)Nc4ccc(C)cc4)c3S[C@@H]3C(=O)NC(=O)[C@H]23)ccc1O. The number of carbonyl (C=O) groups excluding carboxylic acids is 3. The van der Waals surface area contributed by atoms with Crippen LogP contribution >= 0.6 is 23.1 Å². The number of aromatic hydroxyl groups is 1. The van der Waals surface area contributed by atoms with Crippen LogP contribution in [0.15, 0.2) is 52.3 Å². The van der Waals surface area contributed by atoms with Crippen LogP contribution < -0.4 is 20.2 Å². The number of aromatic nitrogens is 1. The van der Waals surface area contributed by atoms with Gasteiger partial charge in [0.15, 0.2) is 11.5 Å². The Hall–Kier alpha value is -3.57. The van der Waals surface area contributed by atoms with E-state index < -0.39 is 28.9 Å². The van der Waals surface area contributed by atoms with E-state index in [-0.39, 0.29) is 28.8 Å². The maximum atomic E-state index is 13.0. The third kappa shape index (κ3) is 4.10. The number of imide groups is 1. The molecule has 1 aromatic heterocycles. The van der Waals surface area contributed by atoms with Crippen molar-refractivity contribution in [3.05, 3.63) is 68.1 Å². The molecule has 180 valence electrons. The molecule has 35 heavy (non-hydrogen) atoms. The first-order valence-corrected chi connectivity index (χ1v) is 12.4. The van der Waals surface area contributed by atoms with Gasteiger partial charge in [0.05, 0.1) is 18.1 Å². The van der Waals surface area contributed by atoms with E-state index in [1.54, 1.807) is 24.3 Å². The van der Waals surface area contributed by atoms with Gasteiger partial charge in [0.25, 0.3) is 0 Å². The van der Waals surface area contributed by atoms with Crippen LogP contribution in [-0.2, 0) is 20.9 Å². The number of nitrogens with one attached hydrogen (secondary N) is 2. The van der Waals surface area contributed by atoms with E-state index in [1.165, 1.54) is 17.7 Å². The number of phenolic OH excluding ortho intramolecular Hbond substituents is 1. The van der Waals surface area contributed by atoms with Crippen molar-refractivity contribution in [2.45, 2.75) is 29.7 Å². The van der Waals surface area contributed by atoms with Crippen LogP contribution in [0.3, 0.4) is 0 Å². The van der Waals surface area contributed by atoms with Gasteiger partial charge in [-0.15, -0.1) is 0 Å². The first-order chi connectivity index (χ1) is 16.8. The molecule has 11 heteroatoms. The highest BCUT2D eigenvalue weighted by atomic mass is 32.2. The lowest BCUT2D eigenvalue weighted by molar-refractivity contribution is -0.126. The number of anilines is 1. The Balaban J connectivity index is 1.55. The van der Waals surface area contributed by atoms with Crippen LogP contribution in [0.1, 0.15) is 21.9 Å². The van der Waals surface area contributed by atoms with Crippen LogP contribution in [0.25, 0.3) is 0 Å². The van der Waals surface area contributed by atoms with E-state index in [0.29, 0.717) is 21.2 Å². The molecule has 9 nitrogen and oxygen atoms in total. The number of phenols is 1. The molecule has 3 aromatic rings. The second-order valence-electron chi connectivity index (χ2n) is 8.36. The van der Waals surface area contributed by atoms with E-state index in [9.17, 15) is 24.3 Å². The Kier molecular flexibility index (Phi) is 5.89. The molecular weight excluding hydrogens is 490 g/mol. The molecule has 3 heterocycles. The summed E-state index contributed by atoms with van der Waals surface area (Å²) >= 11 is 2.08. The van der Waals surface area contributed by atoms with Crippen LogP contribution in [0.2, 0.25) is 0 Å². The summed E-state index contributed by atoms with van der Waals surface area (Å²) in [4.78, 5) is 51.4. The smallest absolute Gasteiger partial charge is 0.308 e. The van der Waals surface area contributed by atoms with Crippen LogP contribution in [-0.4, -0.2) is 39.8 Å². The number of thioether (sulfide) groups is 1. The highest BCUT2D eigenvalue weighted by molar-refractivity contribution is 8.00. The lowest BCUT2D eigenvalue weighted by atomic mass is 9.83. The molecule has 0 aliphatic carbocycles. The van der Waals surface area contributed by atoms with Crippen molar-refractivity contribution < 1.29 is 24.2 Å².